The Kier molecular flexibility index (Phi) is 7.93. The topological polar surface area (TPSA) is 76.3 Å². The van der Waals surface area contributed by atoms with Crippen LogP contribution in [0, 0.1) is 18.8 Å². The zero-order chi connectivity index (χ0) is 25.0. The van der Waals surface area contributed by atoms with E-state index in [9.17, 15) is 8.42 Å². The van der Waals surface area contributed by atoms with Gasteiger partial charge in [-0.2, -0.15) is 0 Å². The van der Waals surface area contributed by atoms with Crippen LogP contribution in [0.25, 0.3) is 16.7 Å². The number of nitrogens with one attached hydrogen (secondary N) is 1. The first-order valence-corrected chi connectivity index (χ1v) is 14.3. The van der Waals surface area contributed by atoms with E-state index in [1.54, 1.807) is 6.08 Å². The molecule has 2 aromatic heterocycles. The number of fused-ring (bicyclic) bond motifs is 1. The molecular weight excluding hydrogens is 456 g/mol. The van der Waals surface area contributed by atoms with Crippen LogP contribution < -0.4 is 4.72 Å². The van der Waals surface area contributed by atoms with Crippen molar-refractivity contribution in [1.29, 1.82) is 0 Å². The van der Waals surface area contributed by atoms with Crippen molar-refractivity contribution in [3.8, 4) is 11.8 Å². The summed E-state index contributed by atoms with van der Waals surface area (Å²) in [5, 5.41) is 0. The quantitative estimate of drug-likeness (QED) is 0.500. The third kappa shape index (κ3) is 5.60. The summed E-state index contributed by atoms with van der Waals surface area (Å²) in [6, 6.07) is 2.38. The molecule has 0 aromatic carbocycles. The normalized spacial score (nSPS) is 21.1. The maximum Gasteiger partial charge on any atom is 0.242 e. The minimum Gasteiger partial charge on any atom is -0.334 e. The average Bonchev–Trinajstić information content (AvgIpc) is 3.39. The summed E-state index contributed by atoms with van der Waals surface area (Å²) in [4.78, 5) is 9.81. The Balaban J connectivity index is 1.91. The molecule has 3 heterocycles. The molecule has 1 N–H and O–H groups in total. The molecule has 0 spiro atoms. The van der Waals surface area contributed by atoms with Gasteiger partial charge in [0, 0.05) is 30.9 Å². The number of sulfonamides is 1. The van der Waals surface area contributed by atoms with Crippen LogP contribution in [-0.2, 0) is 10.0 Å². The van der Waals surface area contributed by atoms with Gasteiger partial charge in [0.05, 0.1) is 27.4 Å². The molecule has 1 aliphatic heterocycles. The van der Waals surface area contributed by atoms with E-state index in [1.807, 2.05) is 20.0 Å². The van der Waals surface area contributed by atoms with Crippen LogP contribution >= 0.6 is 0 Å². The highest BCUT2D eigenvalue weighted by Gasteiger charge is 2.28. The lowest BCUT2D eigenvalue weighted by atomic mass is 10.1. The first kappa shape index (κ1) is 25.4. The second kappa shape index (κ2) is 10.9. The van der Waals surface area contributed by atoms with Crippen LogP contribution in [0.2, 0.25) is 0 Å². The van der Waals surface area contributed by atoms with E-state index in [0.29, 0.717) is 18.9 Å². The minimum absolute atomic E-state index is 0.186. The molecule has 2 aromatic rings. The molecule has 1 aliphatic carbocycles. The molecule has 1 saturated carbocycles. The molecular formula is C28H36N4O2S. The molecule has 0 radical (unpaired) electrons. The average molecular weight is 493 g/mol. The largest absolute Gasteiger partial charge is 0.334 e. The van der Waals surface area contributed by atoms with Crippen molar-refractivity contribution in [2.24, 2.45) is 4.99 Å². The first-order chi connectivity index (χ1) is 16.8. The number of aryl methyl sites for hydroxylation is 1. The maximum absolute atomic E-state index is 12.9. The van der Waals surface area contributed by atoms with E-state index in [2.05, 4.69) is 47.1 Å². The van der Waals surface area contributed by atoms with Crippen molar-refractivity contribution in [2.75, 3.05) is 0 Å². The Hall–Kier alpha value is -2.69. The Morgan fingerprint density at radius 2 is 1.94 bits per heavy atom. The number of unbranched alkanes of at least 4 members (excludes halogenated alkanes) is 1. The summed E-state index contributed by atoms with van der Waals surface area (Å²) in [6.45, 7) is 7.83. The molecule has 0 bridgehead atoms. The van der Waals surface area contributed by atoms with E-state index in [-0.39, 0.29) is 10.9 Å². The summed E-state index contributed by atoms with van der Waals surface area (Å²) in [5.74, 6) is 6.75. The van der Waals surface area contributed by atoms with Crippen molar-refractivity contribution >= 4 is 33.0 Å². The molecule has 186 valence electrons. The number of allylic oxidation sites excluding steroid dienone is 3. The highest BCUT2D eigenvalue weighted by atomic mass is 32.2. The number of aromatic nitrogens is 2. The van der Waals surface area contributed by atoms with Crippen LogP contribution in [0.3, 0.4) is 0 Å². The highest BCUT2D eigenvalue weighted by Crippen LogP contribution is 2.40. The first-order valence-electron chi connectivity index (χ1n) is 12.8. The third-order valence-electron chi connectivity index (χ3n) is 6.38. The zero-order valence-electron chi connectivity index (χ0n) is 21.3. The van der Waals surface area contributed by atoms with Crippen molar-refractivity contribution in [3.05, 3.63) is 46.1 Å². The molecule has 2 aliphatic rings. The number of rotatable bonds is 6. The Morgan fingerprint density at radius 1 is 1.20 bits per heavy atom. The molecule has 1 fully saturated rings. The number of nitrogens with zero attached hydrogens (tertiary/aromatic N) is 3. The molecule has 0 saturated heterocycles. The van der Waals surface area contributed by atoms with Crippen molar-refractivity contribution in [3.63, 3.8) is 0 Å². The molecule has 35 heavy (non-hydrogen) atoms. The van der Waals surface area contributed by atoms with Gasteiger partial charge >= 0.3 is 0 Å². The van der Waals surface area contributed by atoms with Gasteiger partial charge in [-0.15, -0.1) is 0 Å². The van der Waals surface area contributed by atoms with Crippen LogP contribution in [0.4, 0.5) is 0 Å². The van der Waals surface area contributed by atoms with E-state index in [1.165, 1.54) is 19.1 Å². The predicted octanol–water partition coefficient (Wildman–Crippen LogP) is 6.03. The second-order valence-electron chi connectivity index (χ2n) is 9.77. The monoisotopic (exact) mass is 492 g/mol. The van der Waals surface area contributed by atoms with Gasteiger partial charge < -0.3 is 4.57 Å². The number of pyridine rings is 1. The van der Waals surface area contributed by atoms with Crippen LogP contribution in [0.5, 0.6) is 0 Å². The minimum atomic E-state index is -3.62. The number of hydrogen-bond acceptors (Lipinski definition) is 4. The van der Waals surface area contributed by atoms with Crippen molar-refractivity contribution in [1.82, 2.24) is 14.3 Å². The summed E-state index contributed by atoms with van der Waals surface area (Å²) in [6.07, 6.45) is 15.0. The summed E-state index contributed by atoms with van der Waals surface area (Å²) < 4.78 is 30.8. The van der Waals surface area contributed by atoms with Gasteiger partial charge in [-0.1, -0.05) is 43.8 Å². The van der Waals surface area contributed by atoms with Gasteiger partial charge in [-0.25, -0.2) is 13.1 Å². The van der Waals surface area contributed by atoms with E-state index in [0.717, 1.165) is 59.2 Å². The van der Waals surface area contributed by atoms with E-state index >= 15 is 0 Å². The van der Waals surface area contributed by atoms with Gasteiger partial charge in [0.15, 0.2) is 0 Å². The van der Waals surface area contributed by atoms with E-state index in [4.69, 9.17) is 9.98 Å². The van der Waals surface area contributed by atoms with Crippen molar-refractivity contribution < 1.29 is 8.42 Å². The molecule has 7 heteroatoms. The summed E-state index contributed by atoms with van der Waals surface area (Å²) in [5.41, 5.74) is 5.76. The lowest BCUT2D eigenvalue weighted by Crippen LogP contribution is -2.31. The van der Waals surface area contributed by atoms with Crippen molar-refractivity contribution in [2.45, 2.75) is 91.1 Å². The highest BCUT2D eigenvalue weighted by molar-refractivity contribution is 7.94. The van der Waals surface area contributed by atoms with Crippen LogP contribution in [0.1, 0.15) is 95.0 Å². The molecule has 0 unspecified atom stereocenters. The van der Waals surface area contributed by atoms with Gasteiger partial charge in [0.2, 0.25) is 10.0 Å². The Bertz CT molecular complexity index is 1340. The fourth-order valence-electron chi connectivity index (χ4n) is 4.87. The Morgan fingerprint density at radius 3 is 2.66 bits per heavy atom. The predicted molar refractivity (Wildman–Crippen MR) is 145 cm³/mol. The van der Waals surface area contributed by atoms with Gasteiger partial charge in [0.1, 0.15) is 5.52 Å². The lowest BCUT2D eigenvalue weighted by molar-refractivity contribution is 0.530. The van der Waals surface area contributed by atoms with Gasteiger partial charge in [-0.05, 0) is 64.5 Å². The standard InChI is InChI=1S/C28H36N4O2S/c1-5-6-7-15-24-27-26(17-21(4)18-30-27)32(22-12-8-9-13-22)28(24)25-16-11-10-14-23(19-29-25)35(33,34)31-20(2)3/h14,16-20,22,31H,5-6,8-13H2,1-4H3/b23-14+,25-16-,29-19+. The third-order valence-corrected chi connectivity index (χ3v) is 8.06. The Labute approximate surface area is 209 Å². The van der Waals surface area contributed by atoms with Gasteiger partial charge in [-0.3, -0.25) is 9.98 Å². The fraction of sp³-hybridized carbons (Fsp3) is 0.500. The summed E-state index contributed by atoms with van der Waals surface area (Å²) in [7, 11) is -3.62. The number of aliphatic imine (C=N–C) groups is 1. The van der Waals surface area contributed by atoms with Gasteiger partial charge in [0.25, 0.3) is 0 Å². The maximum atomic E-state index is 12.9. The lowest BCUT2D eigenvalue weighted by Gasteiger charge is -2.19. The summed E-state index contributed by atoms with van der Waals surface area (Å²) >= 11 is 0. The smallest absolute Gasteiger partial charge is 0.242 e. The molecule has 0 atom stereocenters. The molecule has 6 nitrogen and oxygen atoms in total. The molecule has 4 rings (SSSR count). The fourth-order valence-corrected chi connectivity index (χ4v) is 6.16. The van der Waals surface area contributed by atoms with Crippen LogP contribution in [-0.4, -0.2) is 30.2 Å². The van der Waals surface area contributed by atoms with E-state index < -0.39 is 10.0 Å². The second-order valence-corrected chi connectivity index (χ2v) is 11.5. The zero-order valence-corrected chi connectivity index (χ0v) is 22.1. The number of hydrogen-bond donors (Lipinski definition) is 1. The van der Waals surface area contributed by atoms with Crippen LogP contribution in [0.15, 0.2) is 34.3 Å². The molecule has 0 amide bonds. The SMILES string of the molecule is CCCC#Cc1c(C2=C\CC\C=C(S(=O)(=O)NC(C)C)/C=N/2)n(C2CCCC2)c2cc(C)cnc12.